The molecule has 0 aromatic rings. The number of rotatable bonds is 5. The standard InChI is InChI=1S/C7H19GeN.2H/c1-4-8-6-5-7-9(2)3;;/h4-8H2,1-3H3;;/q;2*-1. The molecule has 0 bridgehead atoms. The first kappa shape index (κ1) is 9.50. The van der Waals surface area contributed by atoms with Gasteiger partial charge < -0.3 is 2.85 Å². The van der Waals surface area contributed by atoms with Gasteiger partial charge in [0.2, 0.25) is 0 Å². The van der Waals surface area contributed by atoms with Gasteiger partial charge in [0.05, 0.1) is 0 Å². The van der Waals surface area contributed by atoms with E-state index in [1.807, 2.05) is 0 Å². The summed E-state index contributed by atoms with van der Waals surface area (Å²) in [5.74, 6) is 0. The molecule has 60 valence electrons. The summed E-state index contributed by atoms with van der Waals surface area (Å²) in [6.45, 7) is 3.63. The smallest absolute Gasteiger partial charge is 1.00 e. The third kappa shape index (κ3) is 8.50. The van der Waals surface area contributed by atoms with Crippen LogP contribution in [-0.2, 0) is 0 Å². The molecule has 0 aromatic carbocycles. The largest absolute Gasteiger partial charge is 1.00 e. The van der Waals surface area contributed by atoms with Crippen molar-refractivity contribution in [2.45, 2.75) is 23.9 Å². The fourth-order valence-electron chi connectivity index (χ4n) is 0.855. The fraction of sp³-hybridized carbons (Fsp3) is 1.00. The van der Waals surface area contributed by atoms with Crippen LogP contribution in [0, 0.1) is 0 Å². The van der Waals surface area contributed by atoms with E-state index in [2.05, 4.69) is 25.9 Å². The summed E-state index contributed by atoms with van der Waals surface area (Å²) in [6.07, 6.45) is 1.45. The van der Waals surface area contributed by atoms with E-state index in [9.17, 15) is 0 Å². The molecular weight excluding hydrogens is 171 g/mol. The Hall–Kier alpha value is 0.503. The molecule has 9 heavy (non-hydrogen) atoms. The summed E-state index contributed by atoms with van der Waals surface area (Å²) >= 11 is -0.0135. The molecule has 0 atom stereocenters. The second-order valence-electron chi connectivity index (χ2n) is 2.86. The SMILES string of the molecule is C[CH2][GeH2][CH2]CCN(C)C.[H-].[H-]. The molecule has 0 aliphatic carbocycles. The van der Waals surface area contributed by atoms with E-state index >= 15 is 0 Å². The summed E-state index contributed by atoms with van der Waals surface area (Å²) < 4.78 is 0. The number of hydrogen-bond acceptors (Lipinski definition) is 1. The van der Waals surface area contributed by atoms with Crippen LogP contribution in [0.15, 0.2) is 0 Å². The Kier molecular flexibility index (Phi) is 6.99. The van der Waals surface area contributed by atoms with Crippen molar-refractivity contribution in [2.75, 3.05) is 20.6 Å². The maximum absolute atomic E-state index is 2.33. The van der Waals surface area contributed by atoms with Gasteiger partial charge in [0.15, 0.2) is 0 Å². The number of hydrogen-bond donors (Lipinski definition) is 0. The van der Waals surface area contributed by atoms with Gasteiger partial charge in [-0.15, -0.1) is 0 Å². The van der Waals surface area contributed by atoms with Gasteiger partial charge in [-0.25, -0.2) is 0 Å². The fourth-order valence-corrected chi connectivity index (χ4v) is 3.11. The predicted molar refractivity (Wildman–Crippen MR) is 49.2 cm³/mol. The van der Waals surface area contributed by atoms with E-state index in [1.54, 1.807) is 5.25 Å². The van der Waals surface area contributed by atoms with Crippen molar-refractivity contribution in [3.63, 3.8) is 0 Å². The van der Waals surface area contributed by atoms with Gasteiger partial charge in [0, 0.05) is 0 Å². The Morgan fingerprint density at radius 3 is 2.56 bits per heavy atom. The van der Waals surface area contributed by atoms with Gasteiger partial charge in [-0.1, -0.05) is 0 Å². The molecule has 0 rings (SSSR count). The van der Waals surface area contributed by atoms with Crippen molar-refractivity contribution < 1.29 is 2.85 Å². The van der Waals surface area contributed by atoms with Crippen LogP contribution in [0.2, 0.25) is 10.5 Å². The average Bonchev–Trinajstić information content (AvgIpc) is 1.80. The normalized spacial score (nSPS) is 12.0. The number of nitrogens with zero attached hydrogens (tertiary/aromatic N) is 1. The zero-order valence-electron chi connectivity index (χ0n) is 8.98. The Bertz CT molecular complexity index is 62.4. The van der Waals surface area contributed by atoms with Crippen LogP contribution in [0.1, 0.15) is 16.2 Å². The first-order chi connectivity index (χ1) is 4.27. The Labute approximate surface area is 68.3 Å². The van der Waals surface area contributed by atoms with E-state index in [0.717, 1.165) is 0 Å². The van der Waals surface area contributed by atoms with E-state index in [4.69, 9.17) is 0 Å². The van der Waals surface area contributed by atoms with Crippen molar-refractivity contribution in [1.82, 2.24) is 4.90 Å². The first-order valence-corrected chi connectivity index (χ1v) is 8.11. The Morgan fingerprint density at radius 2 is 2.11 bits per heavy atom. The first-order valence-electron chi connectivity index (χ1n) is 3.92. The van der Waals surface area contributed by atoms with Crippen molar-refractivity contribution in [2.24, 2.45) is 0 Å². The van der Waals surface area contributed by atoms with Gasteiger partial charge in [-0.2, -0.15) is 0 Å². The van der Waals surface area contributed by atoms with Crippen LogP contribution < -0.4 is 0 Å². The minimum atomic E-state index is -0.0135. The quantitative estimate of drug-likeness (QED) is 0.467. The van der Waals surface area contributed by atoms with Crippen LogP contribution in [0.3, 0.4) is 0 Å². The summed E-state index contributed by atoms with van der Waals surface area (Å²) in [4.78, 5) is 2.28. The molecule has 0 saturated heterocycles. The van der Waals surface area contributed by atoms with Gasteiger partial charge >= 0.3 is 64.8 Å². The van der Waals surface area contributed by atoms with Crippen molar-refractivity contribution >= 4 is 15.4 Å². The third-order valence-corrected chi connectivity index (χ3v) is 5.04. The van der Waals surface area contributed by atoms with E-state index in [1.165, 1.54) is 18.2 Å². The summed E-state index contributed by atoms with van der Waals surface area (Å²) in [6, 6.07) is 0. The van der Waals surface area contributed by atoms with Gasteiger partial charge in [0.25, 0.3) is 0 Å². The second kappa shape index (κ2) is 6.62. The zero-order chi connectivity index (χ0) is 7.11. The average molecular weight is 192 g/mol. The molecule has 0 saturated carbocycles. The second-order valence-corrected chi connectivity index (χ2v) is 7.93. The summed E-state index contributed by atoms with van der Waals surface area (Å²) in [7, 11) is 4.30. The molecule has 1 nitrogen and oxygen atoms in total. The molecule has 0 aliphatic heterocycles. The molecule has 0 fully saturated rings. The van der Waals surface area contributed by atoms with E-state index < -0.39 is 0 Å². The topological polar surface area (TPSA) is 3.24 Å². The van der Waals surface area contributed by atoms with Gasteiger partial charge in [-0.05, 0) is 0 Å². The van der Waals surface area contributed by atoms with Crippen molar-refractivity contribution in [3.05, 3.63) is 0 Å². The maximum atomic E-state index is 2.33. The van der Waals surface area contributed by atoms with Crippen LogP contribution in [0.4, 0.5) is 0 Å². The molecule has 0 aromatic heterocycles. The molecule has 2 heteroatoms. The Balaban J connectivity index is -0.000000320. The minimum absolute atomic E-state index is 0. The summed E-state index contributed by atoms with van der Waals surface area (Å²) in [5.41, 5.74) is 0. The molecule has 0 radical (unpaired) electrons. The Morgan fingerprint density at radius 1 is 1.44 bits per heavy atom. The predicted octanol–water partition coefficient (Wildman–Crippen LogP) is 1.19. The van der Waals surface area contributed by atoms with E-state index in [-0.39, 0.29) is 18.3 Å². The monoisotopic (exact) mass is 193 g/mol. The molecule has 0 unspecified atom stereocenters. The van der Waals surface area contributed by atoms with Gasteiger partial charge in [-0.3, -0.25) is 0 Å². The van der Waals surface area contributed by atoms with Crippen molar-refractivity contribution in [3.8, 4) is 0 Å². The minimum Gasteiger partial charge on any atom is -1.00 e. The molecular formula is C7H21GeN-2. The maximum Gasteiger partial charge on any atom is -1.00 e. The molecule has 0 aliphatic rings. The molecule has 0 amide bonds. The van der Waals surface area contributed by atoms with Gasteiger partial charge in [0.1, 0.15) is 0 Å². The molecule has 0 spiro atoms. The zero-order valence-corrected chi connectivity index (χ0v) is 9.95. The third-order valence-electron chi connectivity index (χ3n) is 1.46. The summed E-state index contributed by atoms with van der Waals surface area (Å²) in [5, 5.41) is 3.11. The van der Waals surface area contributed by atoms with E-state index in [0.29, 0.717) is 0 Å². The van der Waals surface area contributed by atoms with Crippen LogP contribution in [-0.4, -0.2) is 41.0 Å². The molecule has 0 heterocycles. The molecule has 0 N–H and O–H groups in total. The van der Waals surface area contributed by atoms with Crippen molar-refractivity contribution in [1.29, 1.82) is 0 Å². The van der Waals surface area contributed by atoms with Crippen LogP contribution in [0.5, 0.6) is 0 Å². The van der Waals surface area contributed by atoms with Crippen LogP contribution in [0.25, 0.3) is 0 Å². The van der Waals surface area contributed by atoms with Crippen LogP contribution >= 0.6 is 0 Å².